The molecule has 0 aliphatic heterocycles. The molecule has 6 nitrogen and oxygen atoms in total. The van der Waals surface area contributed by atoms with Gasteiger partial charge in [0.1, 0.15) is 23.0 Å². The van der Waals surface area contributed by atoms with E-state index in [1.807, 2.05) is 12.1 Å². The van der Waals surface area contributed by atoms with E-state index in [0.29, 0.717) is 17.6 Å². The van der Waals surface area contributed by atoms with Crippen LogP contribution in [-0.2, 0) is 0 Å². The van der Waals surface area contributed by atoms with Crippen LogP contribution in [0.25, 0.3) is 5.88 Å². The lowest BCUT2D eigenvalue weighted by Gasteiger charge is -2.20. The number of aliphatic hydroxyl groups is 1. The Morgan fingerprint density at radius 1 is 1.52 bits per heavy atom. The normalized spacial score (nSPS) is 15.2. The predicted octanol–water partition coefficient (Wildman–Crippen LogP) is 2.09. The van der Waals surface area contributed by atoms with Crippen molar-refractivity contribution in [2.24, 2.45) is 5.92 Å². The molecule has 120 valence electrons. The second-order valence-electron chi connectivity index (χ2n) is 6.01. The molecule has 6 heteroatoms. The summed E-state index contributed by atoms with van der Waals surface area (Å²) in [5.41, 5.74) is 0.484. The number of carbonyl (C=O) groups excluding carboxylic acids is 1. The second-order valence-corrected chi connectivity index (χ2v) is 6.01. The fourth-order valence-electron chi connectivity index (χ4n) is 2.73. The van der Waals surface area contributed by atoms with Gasteiger partial charge in [-0.1, -0.05) is 0 Å². The number of furan rings is 1. The van der Waals surface area contributed by atoms with E-state index in [-0.39, 0.29) is 23.6 Å². The van der Waals surface area contributed by atoms with E-state index in [4.69, 9.17) is 4.42 Å². The summed E-state index contributed by atoms with van der Waals surface area (Å²) in [6.45, 7) is 1.93. The third-order valence-corrected chi connectivity index (χ3v) is 4.20. The van der Waals surface area contributed by atoms with Crippen LogP contribution in [0.2, 0.25) is 0 Å². The van der Waals surface area contributed by atoms with E-state index >= 15 is 0 Å². The molecular weight excluding hydrogens is 294 g/mol. The van der Waals surface area contributed by atoms with Crippen LogP contribution in [-0.4, -0.2) is 40.2 Å². The third-order valence-electron chi connectivity index (χ3n) is 4.20. The Balaban J connectivity index is 1.89. The molecule has 2 aromatic rings. The van der Waals surface area contributed by atoms with E-state index in [0.717, 1.165) is 12.8 Å². The number of likely N-dealkylation sites (N-methyl/N-ethyl adjacent to an activating group) is 1. The number of aryl methyl sites for hydroxylation is 1. The minimum absolute atomic E-state index is 0.219. The Morgan fingerprint density at radius 3 is 2.74 bits per heavy atom. The van der Waals surface area contributed by atoms with Gasteiger partial charge in [-0.2, -0.15) is 5.26 Å². The van der Waals surface area contributed by atoms with Crippen molar-refractivity contribution in [3.05, 3.63) is 41.4 Å². The highest BCUT2D eigenvalue weighted by atomic mass is 16.4. The quantitative estimate of drug-likeness (QED) is 0.916. The van der Waals surface area contributed by atoms with Gasteiger partial charge < -0.3 is 14.4 Å². The molecule has 0 radical (unpaired) electrons. The minimum atomic E-state index is -0.509. The van der Waals surface area contributed by atoms with Gasteiger partial charge in [-0.15, -0.1) is 0 Å². The standard InChI is InChI=1S/C17H19N3O3/c1-11-15(16(22)19(2)10-14(21)12-5-6-12)13(9-18)17(23-11)20-7-3-4-8-20/h3-4,7-8,12,14,21H,5-6,10H2,1-2H3. The van der Waals surface area contributed by atoms with Crippen molar-refractivity contribution in [1.82, 2.24) is 9.47 Å². The molecule has 2 heterocycles. The van der Waals surface area contributed by atoms with Crippen LogP contribution in [0, 0.1) is 24.2 Å². The third kappa shape index (κ3) is 2.88. The van der Waals surface area contributed by atoms with E-state index in [1.165, 1.54) is 4.90 Å². The smallest absolute Gasteiger partial charge is 0.258 e. The molecule has 1 unspecified atom stereocenters. The summed E-state index contributed by atoms with van der Waals surface area (Å²) in [4.78, 5) is 14.2. The highest BCUT2D eigenvalue weighted by Gasteiger charge is 2.33. The van der Waals surface area contributed by atoms with Crippen molar-refractivity contribution in [1.29, 1.82) is 5.26 Å². The molecular formula is C17H19N3O3. The number of hydrogen-bond acceptors (Lipinski definition) is 4. The van der Waals surface area contributed by atoms with Gasteiger partial charge in [0.25, 0.3) is 5.91 Å². The average molecular weight is 313 g/mol. The van der Waals surface area contributed by atoms with E-state index < -0.39 is 6.10 Å². The molecule has 1 amide bonds. The predicted molar refractivity (Wildman–Crippen MR) is 83.2 cm³/mol. The maximum atomic E-state index is 12.7. The summed E-state index contributed by atoms with van der Waals surface area (Å²) >= 11 is 0. The summed E-state index contributed by atoms with van der Waals surface area (Å²) < 4.78 is 7.32. The van der Waals surface area contributed by atoms with Crippen molar-refractivity contribution < 1.29 is 14.3 Å². The van der Waals surface area contributed by atoms with Gasteiger partial charge in [-0.3, -0.25) is 9.36 Å². The molecule has 3 rings (SSSR count). The van der Waals surface area contributed by atoms with Crippen LogP contribution in [0.15, 0.2) is 28.9 Å². The first-order valence-electron chi connectivity index (χ1n) is 7.63. The number of rotatable bonds is 5. The molecule has 1 aliphatic carbocycles. The van der Waals surface area contributed by atoms with Crippen LogP contribution in [0.1, 0.15) is 34.5 Å². The number of nitriles is 1. The monoisotopic (exact) mass is 313 g/mol. The van der Waals surface area contributed by atoms with Crippen molar-refractivity contribution in [2.45, 2.75) is 25.9 Å². The highest BCUT2D eigenvalue weighted by Crippen LogP contribution is 2.33. The summed E-state index contributed by atoms with van der Waals surface area (Å²) in [5, 5.41) is 19.5. The summed E-state index contributed by atoms with van der Waals surface area (Å²) in [6.07, 6.45) is 5.03. The zero-order valence-corrected chi connectivity index (χ0v) is 13.2. The number of aromatic nitrogens is 1. The first-order valence-corrected chi connectivity index (χ1v) is 7.63. The number of carbonyl (C=O) groups is 1. The largest absolute Gasteiger partial charge is 0.443 e. The lowest BCUT2D eigenvalue weighted by atomic mass is 10.1. The Labute approximate surface area is 134 Å². The molecule has 0 aromatic carbocycles. The molecule has 23 heavy (non-hydrogen) atoms. The van der Waals surface area contributed by atoms with Crippen molar-refractivity contribution in [2.75, 3.05) is 13.6 Å². The second kappa shape index (κ2) is 5.94. The SMILES string of the molecule is Cc1oc(-n2cccc2)c(C#N)c1C(=O)N(C)CC(O)C1CC1. The van der Waals surface area contributed by atoms with Crippen LogP contribution >= 0.6 is 0 Å². The number of hydrogen-bond donors (Lipinski definition) is 1. The van der Waals surface area contributed by atoms with Crippen molar-refractivity contribution >= 4 is 5.91 Å². The van der Waals surface area contributed by atoms with Gasteiger partial charge in [0.2, 0.25) is 5.88 Å². The summed E-state index contributed by atoms with van der Waals surface area (Å²) in [5.74, 6) is 0.736. The number of aliphatic hydroxyl groups excluding tert-OH is 1. The van der Waals surface area contributed by atoms with Crippen LogP contribution in [0.4, 0.5) is 0 Å². The lowest BCUT2D eigenvalue weighted by molar-refractivity contribution is 0.0643. The van der Waals surface area contributed by atoms with Crippen molar-refractivity contribution in [3.8, 4) is 12.0 Å². The Kier molecular flexibility index (Phi) is 3.97. The Morgan fingerprint density at radius 2 is 2.17 bits per heavy atom. The molecule has 2 aromatic heterocycles. The molecule has 1 aliphatic rings. The molecule has 1 atom stereocenters. The fourth-order valence-corrected chi connectivity index (χ4v) is 2.73. The fraction of sp³-hybridized carbons (Fsp3) is 0.412. The molecule has 1 N–H and O–H groups in total. The number of amides is 1. The van der Waals surface area contributed by atoms with E-state index in [9.17, 15) is 15.2 Å². The van der Waals surface area contributed by atoms with E-state index in [1.54, 1.807) is 30.9 Å². The topological polar surface area (TPSA) is 82.4 Å². The molecule has 1 saturated carbocycles. The lowest BCUT2D eigenvalue weighted by Crippen LogP contribution is -2.35. The van der Waals surface area contributed by atoms with Crippen LogP contribution in [0.5, 0.6) is 0 Å². The van der Waals surface area contributed by atoms with Gasteiger partial charge in [-0.25, -0.2) is 0 Å². The first-order chi connectivity index (χ1) is 11.0. The van der Waals surface area contributed by atoms with Crippen LogP contribution in [0.3, 0.4) is 0 Å². The van der Waals surface area contributed by atoms with Gasteiger partial charge in [-0.05, 0) is 37.8 Å². The molecule has 0 spiro atoms. The average Bonchev–Trinajstić information content (AvgIpc) is 3.14. The molecule has 1 fully saturated rings. The zero-order chi connectivity index (χ0) is 16.6. The molecule has 0 bridgehead atoms. The summed E-state index contributed by atoms with van der Waals surface area (Å²) in [7, 11) is 1.64. The van der Waals surface area contributed by atoms with Gasteiger partial charge >= 0.3 is 0 Å². The minimum Gasteiger partial charge on any atom is -0.443 e. The van der Waals surface area contributed by atoms with Gasteiger partial charge in [0, 0.05) is 26.0 Å². The zero-order valence-electron chi connectivity index (χ0n) is 13.2. The maximum Gasteiger partial charge on any atom is 0.258 e. The summed E-state index contributed by atoms with van der Waals surface area (Å²) in [6, 6.07) is 5.71. The highest BCUT2D eigenvalue weighted by molar-refractivity contribution is 5.98. The molecule has 0 saturated heterocycles. The Hall–Kier alpha value is -2.52. The van der Waals surface area contributed by atoms with Crippen LogP contribution < -0.4 is 0 Å². The van der Waals surface area contributed by atoms with E-state index in [2.05, 4.69) is 6.07 Å². The maximum absolute atomic E-state index is 12.7. The Bertz CT molecular complexity index is 751. The van der Waals surface area contributed by atoms with Crippen molar-refractivity contribution in [3.63, 3.8) is 0 Å². The number of nitrogens with zero attached hydrogens (tertiary/aromatic N) is 3. The first kappa shape index (κ1) is 15.4. The van der Waals surface area contributed by atoms with Gasteiger partial charge in [0.15, 0.2) is 0 Å². The van der Waals surface area contributed by atoms with Gasteiger partial charge in [0.05, 0.1) is 6.10 Å².